The van der Waals surface area contributed by atoms with Crippen LogP contribution in [0.5, 0.6) is 0 Å². The highest BCUT2D eigenvalue weighted by Crippen LogP contribution is 2.45. The summed E-state index contributed by atoms with van der Waals surface area (Å²) >= 11 is 0. The Balaban J connectivity index is 1.88. The molecule has 2 unspecified atom stereocenters. The van der Waals surface area contributed by atoms with Crippen LogP contribution in [0.3, 0.4) is 0 Å². The molecule has 0 amide bonds. The quantitative estimate of drug-likeness (QED) is 0.624. The summed E-state index contributed by atoms with van der Waals surface area (Å²) < 4.78 is 12.1. The molecule has 0 aliphatic carbocycles. The first kappa shape index (κ1) is 21.1. The number of carboxylic acids is 1. The standard InChI is InChI=1S/C21H34O5/c1-14(2)16(4)11-17(22)15(3)7-6-9-20(5)18-8-10-21(26-18,13-25-20)12-19(23)24/h6,9,14-16,18H,7-8,10-13H2,1-5H3,(H,23,24)/b9-6+/t15?,16?,18-,20+,21-/m1/s1. The molecule has 0 aromatic carbocycles. The lowest BCUT2D eigenvalue weighted by Crippen LogP contribution is -2.52. The van der Waals surface area contributed by atoms with Crippen LogP contribution in [-0.4, -0.2) is 40.8 Å². The van der Waals surface area contributed by atoms with E-state index in [0.717, 1.165) is 12.8 Å². The molecule has 148 valence electrons. The molecular weight excluding hydrogens is 332 g/mol. The average molecular weight is 366 g/mol. The number of aliphatic carboxylic acids is 1. The van der Waals surface area contributed by atoms with E-state index >= 15 is 0 Å². The van der Waals surface area contributed by atoms with Crippen LogP contribution in [0.25, 0.3) is 0 Å². The van der Waals surface area contributed by atoms with Crippen LogP contribution in [0.4, 0.5) is 0 Å². The Labute approximate surface area is 157 Å². The van der Waals surface area contributed by atoms with Gasteiger partial charge in [-0.1, -0.05) is 39.8 Å². The second kappa shape index (κ2) is 8.22. The van der Waals surface area contributed by atoms with Crippen molar-refractivity contribution < 1.29 is 24.2 Å². The fourth-order valence-electron chi connectivity index (χ4n) is 3.71. The fourth-order valence-corrected chi connectivity index (χ4v) is 3.71. The topological polar surface area (TPSA) is 72.8 Å². The number of fused-ring (bicyclic) bond motifs is 2. The third-order valence-corrected chi connectivity index (χ3v) is 6.16. The van der Waals surface area contributed by atoms with Crippen molar-refractivity contribution >= 4 is 11.8 Å². The summed E-state index contributed by atoms with van der Waals surface area (Å²) in [6.45, 7) is 10.7. The van der Waals surface area contributed by atoms with Crippen molar-refractivity contribution in [2.75, 3.05) is 6.61 Å². The summed E-state index contributed by atoms with van der Waals surface area (Å²) in [7, 11) is 0. The summed E-state index contributed by atoms with van der Waals surface area (Å²) in [5, 5.41) is 9.08. The third kappa shape index (κ3) is 4.95. The number of ketones is 1. The molecule has 0 saturated carbocycles. The van der Waals surface area contributed by atoms with Crippen LogP contribution in [0, 0.1) is 17.8 Å². The number of hydrogen-bond acceptors (Lipinski definition) is 4. The van der Waals surface area contributed by atoms with Gasteiger partial charge < -0.3 is 14.6 Å². The number of ether oxygens (including phenoxy) is 2. The summed E-state index contributed by atoms with van der Waals surface area (Å²) in [6, 6.07) is 0. The van der Waals surface area contributed by atoms with Gasteiger partial charge in [0.1, 0.15) is 17.0 Å². The molecule has 1 N–H and O–H groups in total. The molecule has 2 bridgehead atoms. The highest BCUT2D eigenvalue weighted by atomic mass is 16.6. The van der Waals surface area contributed by atoms with Gasteiger partial charge >= 0.3 is 5.97 Å². The Hall–Kier alpha value is -1.20. The molecule has 2 aliphatic heterocycles. The number of allylic oxidation sites excluding steroid dienone is 1. The predicted molar refractivity (Wildman–Crippen MR) is 100.0 cm³/mol. The van der Waals surface area contributed by atoms with Gasteiger partial charge in [0.05, 0.1) is 19.1 Å². The summed E-state index contributed by atoms with van der Waals surface area (Å²) in [5.41, 5.74) is -1.22. The Morgan fingerprint density at radius 2 is 1.96 bits per heavy atom. The third-order valence-electron chi connectivity index (χ3n) is 6.16. The van der Waals surface area contributed by atoms with Crippen molar-refractivity contribution in [2.24, 2.45) is 17.8 Å². The van der Waals surface area contributed by atoms with Crippen molar-refractivity contribution in [1.82, 2.24) is 0 Å². The SMILES string of the molecule is CC(C/C=C/[C@]1(C)OC[C@]2(CC(=O)O)CC[C@H]1O2)C(=O)CC(C)C(C)C. The van der Waals surface area contributed by atoms with Crippen molar-refractivity contribution in [3.05, 3.63) is 12.2 Å². The predicted octanol–water partition coefficient (Wildman–Crippen LogP) is 4.00. The number of carbonyl (C=O) groups is 2. The van der Waals surface area contributed by atoms with E-state index in [1.54, 1.807) is 0 Å². The largest absolute Gasteiger partial charge is 0.481 e. The van der Waals surface area contributed by atoms with Gasteiger partial charge in [0.25, 0.3) is 0 Å². The molecule has 2 heterocycles. The van der Waals surface area contributed by atoms with E-state index in [9.17, 15) is 9.59 Å². The molecule has 2 saturated heterocycles. The molecule has 0 radical (unpaired) electrons. The number of rotatable bonds is 9. The first-order valence-electron chi connectivity index (χ1n) is 9.81. The van der Waals surface area contributed by atoms with Gasteiger partial charge in [-0.3, -0.25) is 9.59 Å². The first-order valence-corrected chi connectivity index (χ1v) is 9.81. The van der Waals surface area contributed by atoms with Gasteiger partial charge in [0.2, 0.25) is 0 Å². The van der Waals surface area contributed by atoms with Gasteiger partial charge in [-0.05, 0) is 38.0 Å². The molecule has 0 spiro atoms. The van der Waals surface area contributed by atoms with Crippen molar-refractivity contribution in [2.45, 2.75) is 84.0 Å². The van der Waals surface area contributed by atoms with E-state index in [1.807, 2.05) is 26.0 Å². The van der Waals surface area contributed by atoms with Crippen molar-refractivity contribution in [3.63, 3.8) is 0 Å². The first-order chi connectivity index (χ1) is 12.1. The Morgan fingerprint density at radius 3 is 2.58 bits per heavy atom. The lowest BCUT2D eigenvalue weighted by molar-refractivity contribution is -0.223. The van der Waals surface area contributed by atoms with Crippen LogP contribution in [0.15, 0.2) is 12.2 Å². The van der Waals surface area contributed by atoms with Crippen molar-refractivity contribution in [1.29, 1.82) is 0 Å². The molecule has 0 aromatic heterocycles. The maximum atomic E-state index is 12.3. The maximum Gasteiger partial charge on any atom is 0.306 e. The average Bonchev–Trinajstić information content (AvgIpc) is 2.91. The van der Waals surface area contributed by atoms with Gasteiger partial charge in [-0.15, -0.1) is 0 Å². The van der Waals surface area contributed by atoms with Crippen LogP contribution >= 0.6 is 0 Å². The summed E-state index contributed by atoms with van der Waals surface area (Å²) in [5.74, 6) is 0.374. The van der Waals surface area contributed by atoms with Crippen LogP contribution in [0.1, 0.15) is 66.7 Å². The molecular formula is C21H34O5. The van der Waals surface area contributed by atoms with Crippen LogP contribution < -0.4 is 0 Å². The molecule has 2 aliphatic rings. The van der Waals surface area contributed by atoms with Crippen molar-refractivity contribution in [3.8, 4) is 0 Å². The van der Waals surface area contributed by atoms with E-state index in [-0.39, 0.29) is 18.4 Å². The van der Waals surface area contributed by atoms with E-state index < -0.39 is 17.2 Å². The minimum Gasteiger partial charge on any atom is -0.481 e. The minimum absolute atomic E-state index is 0.00441. The zero-order valence-corrected chi connectivity index (χ0v) is 16.8. The Morgan fingerprint density at radius 1 is 1.27 bits per heavy atom. The summed E-state index contributed by atoms with van der Waals surface area (Å²) in [6.07, 6.45) is 6.73. The normalized spacial score (nSPS) is 33.5. The van der Waals surface area contributed by atoms with Gasteiger partial charge in [-0.25, -0.2) is 0 Å². The van der Waals surface area contributed by atoms with E-state index in [2.05, 4.69) is 20.8 Å². The molecule has 2 rings (SSSR count). The maximum absolute atomic E-state index is 12.3. The van der Waals surface area contributed by atoms with E-state index in [0.29, 0.717) is 37.1 Å². The number of carbonyl (C=O) groups excluding carboxylic acids is 1. The number of hydrogen-bond donors (Lipinski definition) is 1. The van der Waals surface area contributed by atoms with Gasteiger partial charge in [0, 0.05) is 12.3 Å². The van der Waals surface area contributed by atoms with E-state index in [1.165, 1.54) is 0 Å². The van der Waals surface area contributed by atoms with Crippen LogP contribution in [0.2, 0.25) is 0 Å². The lowest BCUT2D eigenvalue weighted by atomic mass is 9.87. The highest BCUT2D eigenvalue weighted by molar-refractivity contribution is 5.81. The smallest absolute Gasteiger partial charge is 0.306 e. The molecule has 5 nitrogen and oxygen atoms in total. The minimum atomic E-state index is -0.851. The van der Waals surface area contributed by atoms with Crippen LogP contribution in [-0.2, 0) is 19.1 Å². The highest BCUT2D eigenvalue weighted by Gasteiger charge is 2.53. The zero-order chi connectivity index (χ0) is 19.5. The Kier molecular flexibility index (Phi) is 6.67. The second-order valence-electron chi connectivity index (χ2n) is 8.80. The van der Waals surface area contributed by atoms with Gasteiger partial charge in [-0.2, -0.15) is 0 Å². The molecule has 0 aromatic rings. The lowest BCUT2D eigenvalue weighted by Gasteiger charge is -2.42. The van der Waals surface area contributed by atoms with Gasteiger partial charge in [0.15, 0.2) is 0 Å². The molecule has 26 heavy (non-hydrogen) atoms. The fraction of sp³-hybridized carbons (Fsp3) is 0.810. The summed E-state index contributed by atoms with van der Waals surface area (Å²) in [4.78, 5) is 23.4. The molecule has 5 heteroatoms. The monoisotopic (exact) mass is 366 g/mol. The van der Waals surface area contributed by atoms with E-state index in [4.69, 9.17) is 14.6 Å². The zero-order valence-electron chi connectivity index (χ0n) is 16.8. The number of carboxylic acid groups (broad SMARTS) is 1. The molecule has 5 atom stereocenters. The number of Topliss-reactive ketones (excluding diaryl/α,β-unsaturated/α-hetero) is 1. The Bertz CT molecular complexity index is 555. The molecule has 2 fully saturated rings. The second-order valence-corrected chi connectivity index (χ2v) is 8.80.